The molecule has 4 nitrogen and oxygen atoms in total. The third-order valence-corrected chi connectivity index (χ3v) is 2.17. The first-order chi connectivity index (χ1) is 5.74. The van der Waals surface area contributed by atoms with Crippen LogP contribution in [0.4, 0.5) is 0 Å². The molecule has 1 atom stereocenters. The third kappa shape index (κ3) is 2.46. The molecule has 0 bridgehead atoms. The van der Waals surface area contributed by atoms with E-state index in [1.807, 2.05) is 0 Å². The van der Waals surface area contributed by atoms with Crippen LogP contribution in [-0.4, -0.2) is 48.2 Å². The molecule has 1 rings (SSSR count). The monoisotopic (exact) mass is 172 g/mol. The predicted octanol–water partition coefficient (Wildman–Crippen LogP) is -0.811. The summed E-state index contributed by atoms with van der Waals surface area (Å²) in [6, 6.07) is 0.397. The molecule has 0 spiro atoms. The fourth-order valence-electron chi connectivity index (χ4n) is 1.36. The molecule has 0 aromatic rings. The van der Waals surface area contributed by atoms with Crippen LogP contribution in [0.3, 0.4) is 0 Å². The van der Waals surface area contributed by atoms with Gasteiger partial charge in [0.25, 0.3) is 0 Å². The second kappa shape index (κ2) is 4.42. The van der Waals surface area contributed by atoms with Crippen LogP contribution in [0.1, 0.15) is 13.3 Å². The number of aliphatic hydroxyl groups is 1. The minimum atomic E-state index is 0.0889. The van der Waals surface area contributed by atoms with Crippen molar-refractivity contribution in [3.8, 4) is 0 Å². The Labute approximate surface area is 72.6 Å². The number of hydrogen-bond acceptors (Lipinski definition) is 3. The van der Waals surface area contributed by atoms with Crippen LogP contribution >= 0.6 is 0 Å². The van der Waals surface area contributed by atoms with Gasteiger partial charge < -0.3 is 10.4 Å². The second-order valence-electron chi connectivity index (χ2n) is 3.20. The lowest BCUT2D eigenvalue weighted by atomic mass is 10.2. The summed E-state index contributed by atoms with van der Waals surface area (Å²) in [6.45, 7) is 4.29. The van der Waals surface area contributed by atoms with Gasteiger partial charge in [-0.25, -0.2) is 0 Å². The van der Waals surface area contributed by atoms with Gasteiger partial charge in [-0.15, -0.1) is 0 Å². The highest BCUT2D eigenvalue weighted by molar-refractivity contribution is 5.78. The molecule has 1 fully saturated rings. The number of amides is 1. The fraction of sp³-hybridized carbons (Fsp3) is 0.875. The van der Waals surface area contributed by atoms with Gasteiger partial charge in [0.1, 0.15) is 0 Å². The van der Waals surface area contributed by atoms with Gasteiger partial charge in [-0.05, 0) is 13.3 Å². The summed E-state index contributed by atoms with van der Waals surface area (Å²) in [6.07, 6.45) is 0.748. The summed E-state index contributed by atoms with van der Waals surface area (Å²) in [5.74, 6) is 0.0889. The van der Waals surface area contributed by atoms with Gasteiger partial charge in [-0.2, -0.15) is 0 Å². The minimum absolute atomic E-state index is 0.0889. The first-order valence-corrected chi connectivity index (χ1v) is 4.35. The number of carbonyl (C=O) groups excluding carboxylic acids is 1. The van der Waals surface area contributed by atoms with Crippen molar-refractivity contribution in [1.82, 2.24) is 10.2 Å². The number of aliphatic hydroxyl groups excluding tert-OH is 1. The van der Waals surface area contributed by atoms with Gasteiger partial charge >= 0.3 is 0 Å². The van der Waals surface area contributed by atoms with Crippen molar-refractivity contribution in [2.45, 2.75) is 19.4 Å². The van der Waals surface area contributed by atoms with E-state index in [2.05, 4.69) is 17.1 Å². The van der Waals surface area contributed by atoms with Crippen LogP contribution in [0, 0.1) is 0 Å². The highest BCUT2D eigenvalue weighted by Gasteiger charge is 2.21. The first kappa shape index (κ1) is 9.48. The van der Waals surface area contributed by atoms with Crippen LogP contribution < -0.4 is 5.32 Å². The van der Waals surface area contributed by atoms with E-state index >= 15 is 0 Å². The van der Waals surface area contributed by atoms with Crippen molar-refractivity contribution >= 4 is 5.91 Å². The molecule has 0 aliphatic carbocycles. The number of piperazine rings is 1. The van der Waals surface area contributed by atoms with Crippen molar-refractivity contribution in [3.63, 3.8) is 0 Å². The largest absolute Gasteiger partial charge is 0.396 e. The topological polar surface area (TPSA) is 52.6 Å². The zero-order valence-electron chi connectivity index (χ0n) is 7.42. The molecule has 2 N–H and O–H groups in total. The lowest BCUT2D eigenvalue weighted by molar-refractivity contribution is -0.125. The van der Waals surface area contributed by atoms with E-state index in [9.17, 15) is 4.79 Å². The van der Waals surface area contributed by atoms with Gasteiger partial charge in [0.05, 0.1) is 6.54 Å². The van der Waals surface area contributed by atoms with Gasteiger partial charge in [-0.1, -0.05) is 0 Å². The number of rotatable bonds is 3. The lowest BCUT2D eigenvalue weighted by Gasteiger charge is -2.32. The van der Waals surface area contributed by atoms with Crippen LogP contribution in [0.2, 0.25) is 0 Å². The maximum absolute atomic E-state index is 11.0. The normalized spacial score (nSPS) is 25.5. The Morgan fingerprint density at radius 2 is 2.50 bits per heavy atom. The summed E-state index contributed by atoms with van der Waals surface area (Å²) in [5, 5.41) is 11.4. The molecule has 1 heterocycles. The van der Waals surface area contributed by atoms with Crippen molar-refractivity contribution in [2.24, 2.45) is 0 Å². The van der Waals surface area contributed by atoms with E-state index in [0.29, 0.717) is 12.6 Å². The summed E-state index contributed by atoms with van der Waals surface area (Å²) >= 11 is 0. The quantitative estimate of drug-likeness (QED) is 0.585. The Balaban J connectivity index is 2.33. The van der Waals surface area contributed by atoms with Crippen molar-refractivity contribution in [1.29, 1.82) is 0 Å². The van der Waals surface area contributed by atoms with Crippen molar-refractivity contribution in [2.75, 3.05) is 26.2 Å². The molecule has 1 aliphatic rings. The molecule has 70 valence electrons. The highest BCUT2D eigenvalue weighted by Crippen LogP contribution is 2.03. The molecule has 1 unspecified atom stereocenters. The Hall–Kier alpha value is -0.610. The fourth-order valence-corrected chi connectivity index (χ4v) is 1.36. The summed E-state index contributed by atoms with van der Waals surface area (Å²) in [5.41, 5.74) is 0. The molecule has 4 heteroatoms. The van der Waals surface area contributed by atoms with Gasteiger partial charge in [0.15, 0.2) is 0 Å². The standard InChI is InChI=1S/C8H16N2O2/c1-7-5-9-8(12)6-10(7)3-2-4-11/h7,11H,2-6H2,1H3,(H,9,12). The number of hydrogen-bond donors (Lipinski definition) is 2. The lowest BCUT2D eigenvalue weighted by Crippen LogP contribution is -2.53. The van der Waals surface area contributed by atoms with E-state index in [1.54, 1.807) is 0 Å². The average molecular weight is 172 g/mol. The Morgan fingerprint density at radius 1 is 1.75 bits per heavy atom. The molecule has 0 aromatic carbocycles. The van der Waals surface area contributed by atoms with Crippen molar-refractivity contribution < 1.29 is 9.90 Å². The van der Waals surface area contributed by atoms with E-state index in [4.69, 9.17) is 5.11 Å². The minimum Gasteiger partial charge on any atom is -0.396 e. The number of nitrogens with one attached hydrogen (secondary N) is 1. The highest BCUT2D eigenvalue weighted by atomic mass is 16.3. The maximum atomic E-state index is 11.0. The average Bonchev–Trinajstić information content (AvgIpc) is 2.07. The predicted molar refractivity (Wildman–Crippen MR) is 45.7 cm³/mol. The summed E-state index contributed by atoms with van der Waals surface area (Å²) in [7, 11) is 0. The van der Waals surface area contributed by atoms with Gasteiger partial charge in [0.2, 0.25) is 5.91 Å². The zero-order chi connectivity index (χ0) is 8.97. The van der Waals surface area contributed by atoms with Crippen LogP contribution in [-0.2, 0) is 4.79 Å². The molecule has 0 radical (unpaired) electrons. The van der Waals surface area contributed by atoms with Gasteiger partial charge in [-0.3, -0.25) is 9.69 Å². The van der Waals surface area contributed by atoms with E-state index in [0.717, 1.165) is 19.5 Å². The molecule has 1 amide bonds. The molecule has 0 aromatic heterocycles. The molecular formula is C8H16N2O2. The number of nitrogens with zero attached hydrogens (tertiary/aromatic N) is 1. The maximum Gasteiger partial charge on any atom is 0.234 e. The van der Waals surface area contributed by atoms with Crippen molar-refractivity contribution in [3.05, 3.63) is 0 Å². The number of carbonyl (C=O) groups is 1. The molecular weight excluding hydrogens is 156 g/mol. The smallest absolute Gasteiger partial charge is 0.234 e. The Kier molecular flexibility index (Phi) is 3.49. The first-order valence-electron chi connectivity index (χ1n) is 4.35. The van der Waals surface area contributed by atoms with E-state index in [1.165, 1.54) is 0 Å². The molecule has 12 heavy (non-hydrogen) atoms. The third-order valence-electron chi connectivity index (χ3n) is 2.17. The van der Waals surface area contributed by atoms with E-state index < -0.39 is 0 Å². The molecule has 1 aliphatic heterocycles. The molecule has 0 saturated carbocycles. The SMILES string of the molecule is CC1CNC(=O)CN1CCCO. The van der Waals surface area contributed by atoms with Crippen LogP contribution in [0.5, 0.6) is 0 Å². The molecule has 1 saturated heterocycles. The van der Waals surface area contributed by atoms with Crippen LogP contribution in [0.25, 0.3) is 0 Å². The Bertz CT molecular complexity index is 161. The van der Waals surface area contributed by atoms with E-state index in [-0.39, 0.29) is 12.5 Å². The van der Waals surface area contributed by atoms with Gasteiger partial charge in [0, 0.05) is 25.7 Å². The zero-order valence-corrected chi connectivity index (χ0v) is 7.42. The summed E-state index contributed by atoms with van der Waals surface area (Å²) in [4.78, 5) is 13.1. The second-order valence-corrected chi connectivity index (χ2v) is 3.20. The van der Waals surface area contributed by atoms with Crippen LogP contribution in [0.15, 0.2) is 0 Å². The Morgan fingerprint density at radius 3 is 3.17 bits per heavy atom. The summed E-state index contributed by atoms with van der Waals surface area (Å²) < 4.78 is 0.